The average Bonchev–Trinajstić information content (AvgIpc) is 3.31. The van der Waals surface area contributed by atoms with Crippen molar-refractivity contribution in [3.05, 3.63) is 83.8 Å². The second-order valence-electron chi connectivity index (χ2n) is 8.90. The lowest BCUT2D eigenvalue weighted by molar-refractivity contribution is 0.132. The summed E-state index contributed by atoms with van der Waals surface area (Å²) in [6.45, 7) is 8.95. The predicted octanol–water partition coefficient (Wildman–Crippen LogP) is 4.00. The van der Waals surface area contributed by atoms with E-state index in [1.807, 2.05) is 18.2 Å². The summed E-state index contributed by atoms with van der Waals surface area (Å²) in [7, 11) is 0. The average molecular weight is 441 g/mol. The molecule has 1 aliphatic rings. The molecule has 0 amide bonds. The number of nitrogens with one attached hydrogen (secondary N) is 1. The third-order valence-corrected chi connectivity index (χ3v) is 6.71. The number of hydrogen-bond donors (Lipinski definition) is 2. The second kappa shape index (κ2) is 9.83. The van der Waals surface area contributed by atoms with Crippen molar-refractivity contribution in [3.63, 3.8) is 0 Å². The van der Waals surface area contributed by atoms with Gasteiger partial charge in [0, 0.05) is 56.3 Å². The molecule has 2 aromatic heterocycles. The number of nitrogens with zero attached hydrogens (tertiary/aromatic N) is 4. The van der Waals surface area contributed by atoms with Gasteiger partial charge >= 0.3 is 0 Å². The van der Waals surface area contributed by atoms with Crippen molar-refractivity contribution in [1.29, 1.82) is 0 Å². The fourth-order valence-corrected chi connectivity index (χ4v) is 4.69. The number of aromatic amines is 1. The number of piperazine rings is 1. The van der Waals surface area contributed by atoms with Crippen molar-refractivity contribution in [3.8, 4) is 11.3 Å². The lowest BCUT2D eigenvalue weighted by Gasteiger charge is -2.34. The molecule has 170 valence electrons. The van der Waals surface area contributed by atoms with Gasteiger partial charge in [-0.15, -0.1) is 0 Å². The van der Waals surface area contributed by atoms with E-state index in [1.165, 1.54) is 11.1 Å². The molecule has 0 saturated carbocycles. The van der Waals surface area contributed by atoms with E-state index < -0.39 is 0 Å². The van der Waals surface area contributed by atoms with Crippen LogP contribution >= 0.6 is 0 Å². The highest BCUT2D eigenvalue weighted by molar-refractivity contribution is 5.85. The van der Waals surface area contributed by atoms with Crippen molar-refractivity contribution < 1.29 is 0 Å². The molecule has 0 unspecified atom stereocenters. The fourth-order valence-electron chi connectivity index (χ4n) is 4.69. The molecule has 1 aliphatic heterocycles. The van der Waals surface area contributed by atoms with Gasteiger partial charge in [0.05, 0.1) is 5.69 Å². The van der Waals surface area contributed by atoms with Crippen molar-refractivity contribution >= 4 is 11.0 Å². The fraction of sp³-hybridized carbons (Fsp3) is 0.333. The first-order valence-corrected chi connectivity index (χ1v) is 11.9. The number of aromatic nitrogens is 3. The minimum absolute atomic E-state index is 0.0980. The van der Waals surface area contributed by atoms with Crippen LogP contribution in [0.5, 0.6) is 0 Å². The molecule has 1 atom stereocenters. The van der Waals surface area contributed by atoms with Crippen molar-refractivity contribution in [1.82, 2.24) is 24.8 Å². The number of H-pyrrole nitrogens is 1. The normalized spacial score (nSPS) is 16.3. The summed E-state index contributed by atoms with van der Waals surface area (Å²) >= 11 is 0. The maximum Gasteiger partial charge on any atom is 0.141 e. The molecule has 6 nitrogen and oxygen atoms in total. The van der Waals surface area contributed by atoms with Gasteiger partial charge in [-0.3, -0.25) is 4.90 Å². The first-order chi connectivity index (χ1) is 16.2. The minimum atomic E-state index is -0.0980. The number of nitrogens with two attached hydrogens (primary N) is 1. The zero-order valence-corrected chi connectivity index (χ0v) is 19.2. The predicted molar refractivity (Wildman–Crippen MR) is 134 cm³/mol. The molecule has 1 saturated heterocycles. The van der Waals surface area contributed by atoms with Crippen LogP contribution in [-0.2, 0) is 13.0 Å². The standard InChI is InChI=1S/C27H32N6/c1-2-32-11-13-33(14-12-32)18-20-7-6-10-22(15-20)25-16-23-26(29-19-30-27(23)31-25)17-24(28)21-8-4-3-5-9-21/h3-10,15-16,19,24H,2,11-14,17-18,28H2,1H3,(H,29,30,31)/t24-/m1/s1. The Bertz CT molecular complexity index is 1190. The number of rotatable bonds is 7. The topological polar surface area (TPSA) is 74.1 Å². The largest absolute Gasteiger partial charge is 0.339 e. The Hall–Kier alpha value is -3.06. The third kappa shape index (κ3) is 4.98. The van der Waals surface area contributed by atoms with Crippen LogP contribution in [0.3, 0.4) is 0 Å². The molecule has 6 heteroatoms. The van der Waals surface area contributed by atoms with Crippen LogP contribution in [-0.4, -0.2) is 57.5 Å². The minimum Gasteiger partial charge on any atom is -0.339 e. The second-order valence-corrected chi connectivity index (χ2v) is 8.90. The first kappa shape index (κ1) is 21.8. The summed E-state index contributed by atoms with van der Waals surface area (Å²) in [6, 6.07) is 21.1. The molecule has 3 N–H and O–H groups in total. The Labute approximate surface area is 195 Å². The summed E-state index contributed by atoms with van der Waals surface area (Å²) in [6.07, 6.45) is 2.30. The Kier molecular flexibility index (Phi) is 6.48. The quantitative estimate of drug-likeness (QED) is 0.454. The zero-order chi connectivity index (χ0) is 22.6. The van der Waals surface area contributed by atoms with Crippen molar-refractivity contribution in [2.24, 2.45) is 5.73 Å². The van der Waals surface area contributed by atoms with Crippen molar-refractivity contribution in [2.45, 2.75) is 25.9 Å². The summed E-state index contributed by atoms with van der Waals surface area (Å²) in [5.41, 5.74) is 13.0. The van der Waals surface area contributed by atoms with Gasteiger partial charge in [0.25, 0.3) is 0 Å². The van der Waals surface area contributed by atoms with Gasteiger partial charge in [-0.05, 0) is 35.4 Å². The zero-order valence-electron chi connectivity index (χ0n) is 19.2. The Morgan fingerprint density at radius 1 is 0.939 bits per heavy atom. The number of fused-ring (bicyclic) bond motifs is 1. The molecule has 2 aromatic carbocycles. The van der Waals surface area contributed by atoms with Gasteiger partial charge in [0.1, 0.15) is 12.0 Å². The van der Waals surface area contributed by atoms with Gasteiger partial charge < -0.3 is 15.6 Å². The van der Waals surface area contributed by atoms with Gasteiger partial charge in [0.15, 0.2) is 0 Å². The Balaban J connectivity index is 1.35. The van der Waals surface area contributed by atoms with Crippen LogP contribution in [0.4, 0.5) is 0 Å². The van der Waals surface area contributed by atoms with E-state index in [-0.39, 0.29) is 6.04 Å². The lowest BCUT2D eigenvalue weighted by Crippen LogP contribution is -2.45. The molecular weight excluding hydrogens is 408 g/mol. The van der Waals surface area contributed by atoms with E-state index >= 15 is 0 Å². The molecule has 3 heterocycles. The first-order valence-electron chi connectivity index (χ1n) is 11.9. The number of benzene rings is 2. The van der Waals surface area contributed by atoms with E-state index in [2.05, 4.69) is 74.1 Å². The van der Waals surface area contributed by atoms with E-state index in [9.17, 15) is 0 Å². The Morgan fingerprint density at radius 3 is 2.52 bits per heavy atom. The lowest BCUT2D eigenvalue weighted by atomic mass is 10.0. The summed E-state index contributed by atoms with van der Waals surface area (Å²) in [5.74, 6) is 0. The summed E-state index contributed by atoms with van der Waals surface area (Å²) in [4.78, 5) is 17.6. The van der Waals surface area contributed by atoms with Crippen LogP contribution in [0, 0.1) is 0 Å². The van der Waals surface area contributed by atoms with Crippen molar-refractivity contribution in [2.75, 3.05) is 32.7 Å². The van der Waals surface area contributed by atoms with E-state index in [0.717, 1.165) is 67.3 Å². The smallest absolute Gasteiger partial charge is 0.141 e. The van der Waals surface area contributed by atoms with Gasteiger partial charge in [-0.25, -0.2) is 9.97 Å². The van der Waals surface area contributed by atoms with Crippen LogP contribution < -0.4 is 5.73 Å². The van der Waals surface area contributed by atoms with E-state index in [1.54, 1.807) is 6.33 Å². The van der Waals surface area contributed by atoms with Gasteiger partial charge in [0.2, 0.25) is 0 Å². The monoisotopic (exact) mass is 440 g/mol. The van der Waals surface area contributed by atoms with E-state index in [0.29, 0.717) is 6.42 Å². The highest BCUT2D eigenvalue weighted by Gasteiger charge is 2.17. The van der Waals surface area contributed by atoms with E-state index in [4.69, 9.17) is 5.73 Å². The SMILES string of the molecule is CCN1CCN(Cc2cccc(-c3cc4c(C[C@@H](N)c5ccccc5)ncnc4[nH]3)c2)CC1. The molecule has 0 radical (unpaired) electrons. The molecule has 0 bridgehead atoms. The molecule has 0 aliphatic carbocycles. The van der Waals surface area contributed by atoms with Crippen LogP contribution in [0.25, 0.3) is 22.3 Å². The number of hydrogen-bond acceptors (Lipinski definition) is 5. The number of likely N-dealkylation sites (N-methyl/N-ethyl adjacent to an activating group) is 1. The summed E-state index contributed by atoms with van der Waals surface area (Å²) in [5, 5.41) is 1.04. The summed E-state index contributed by atoms with van der Waals surface area (Å²) < 4.78 is 0. The highest BCUT2D eigenvalue weighted by Crippen LogP contribution is 2.27. The molecule has 1 fully saturated rings. The molecule has 5 rings (SSSR count). The molecular formula is C27H32N6. The Morgan fingerprint density at radius 2 is 1.73 bits per heavy atom. The van der Waals surface area contributed by atoms with Crippen LogP contribution in [0.2, 0.25) is 0 Å². The highest BCUT2D eigenvalue weighted by atomic mass is 15.3. The van der Waals surface area contributed by atoms with Crippen LogP contribution in [0.15, 0.2) is 67.0 Å². The van der Waals surface area contributed by atoms with Crippen LogP contribution in [0.1, 0.15) is 29.8 Å². The maximum absolute atomic E-state index is 6.48. The molecule has 33 heavy (non-hydrogen) atoms. The van der Waals surface area contributed by atoms with Gasteiger partial charge in [-0.1, -0.05) is 55.5 Å². The molecule has 0 spiro atoms. The third-order valence-electron chi connectivity index (χ3n) is 6.71. The maximum atomic E-state index is 6.48. The van der Waals surface area contributed by atoms with Gasteiger partial charge in [-0.2, -0.15) is 0 Å². The molecule has 4 aromatic rings.